The lowest BCUT2D eigenvalue weighted by atomic mass is 9.99. The molecule has 1 aromatic heterocycles. The molecule has 1 heterocycles. The van der Waals surface area contributed by atoms with Crippen LogP contribution in [0.5, 0.6) is 0 Å². The van der Waals surface area contributed by atoms with Crippen LogP contribution in [0.4, 0.5) is 5.69 Å². The molecule has 0 saturated carbocycles. The van der Waals surface area contributed by atoms with Gasteiger partial charge in [-0.2, -0.15) is 0 Å². The Labute approximate surface area is 176 Å². The Morgan fingerprint density at radius 1 is 1.03 bits per heavy atom. The van der Waals surface area contributed by atoms with Gasteiger partial charge in [0.15, 0.2) is 5.78 Å². The lowest BCUT2D eigenvalue weighted by molar-refractivity contribution is -0.118. The Kier molecular flexibility index (Phi) is 6.78. The fourth-order valence-electron chi connectivity index (χ4n) is 3.12. The number of Topliss-reactive ketones (excluding diaryl/α,β-unsaturated/α-hetero) is 1. The third-order valence-corrected chi connectivity index (χ3v) is 5.21. The average Bonchev–Trinajstić information content (AvgIpc) is 2.77. The quantitative estimate of drug-likeness (QED) is 0.480. The minimum atomic E-state index is 0.0143. The van der Waals surface area contributed by atoms with Crippen molar-refractivity contribution < 1.29 is 9.59 Å². The normalized spacial score (nSPS) is 10.6. The van der Waals surface area contributed by atoms with Gasteiger partial charge in [0.1, 0.15) is 0 Å². The SMILES string of the molecule is CCC(=O)N(C)c1ccc(-c2ccc(C(=O)CCc3cccnc3)c(Cl)c2)cc1. The van der Waals surface area contributed by atoms with Crippen LogP contribution in [0.3, 0.4) is 0 Å². The molecule has 0 aliphatic heterocycles. The number of rotatable bonds is 7. The average molecular weight is 407 g/mol. The summed E-state index contributed by atoms with van der Waals surface area (Å²) in [5.41, 5.74) is 4.30. The Morgan fingerprint density at radius 2 is 1.76 bits per heavy atom. The van der Waals surface area contributed by atoms with E-state index in [9.17, 15) is 9.59 Å². The smallest absolute Gasteiger partial charge is 0.226 e. The molecule has 0 bridgehead atoms. The monoisotopic (exact) mass is 406 g/mol. The zero-order valence-corrected chi connectivity index (χ0v) is 17.3. The van der Waals surface area contributed by atoms with E-state index in [-0.39, 0.29) is 11.7 Å². The summed E-state index contributed by atoms with van der Waals surface area (Å²) in [6.07, 6.45) is 4.97. The van der Waals surface area contributed by atoms with E-state index in [1.54, 1.807) is 30.4 Å². The van der Waals surface area contributed by atoms with Crippen LogP contribution in [0.15, 0.2) is 67.0 Å². The molecule has 0 N–H and O–H groups in total. The number of aryl methyl sites for hydroxylation is 1. The second-order valence-electron chi connectivity index (χ2n) is 6.83. The largest absolute Gasteiger partial charge is 0.316 e. The highest BCUT2D eigenvalue weighted by Crippen LogP contribution is 2.28. The number of ketones is 1. The summed E-state index contributed by atoms with van der Waals surface area (Å²) in [6, 6.07) is 17.0. The molecular formula is C24H23ClN2O2. The summed E-state index contributed by atoms with van der Waals surface area (Å²) in [7, 11) is 1.77. The van der Waals surface area contributed by atoms with Gasteiger partial charge in [-0.3, -0.25) is 14.6 Å². The number of carbonyl (C=O) groups excluding carboxylic acids is 2. The maximum atomic E-state index is 12.6. The van der Waals surface area contributed by atoms with E-state index in [4.69, 9.17) is 11.6 Å². The zero-order valence-electron chi connectivity index (χ0n) is 16.6. The molecule has 0 aliphatic carbocycles. The van der Waals surface area contributed by atoms with E-state index in [1.165, 1.54) is 0 Å². The van der Waals surface area contributed by atoms with Gasteiger partial charge in [0.25, 0.3) is 0 Å². The zero-order chi connectivity index (χ0) is 20.8. The summed E-state index contributed by atoms with van der Waals surface area (Å²) in [5.74, 6) is 0.0791. The van der Waals surface area contributed by atoms with Crippen LogP contribution in [-0.2, 0) is 11.2 Å². The molecule has 0 radical (unpaired) electrons. The van der Waals surface area contributed by atoms with E-state index in [0.717, 1.165) is 22.4 Å². The molecule has 0 aliphatic rings. The van der Waals surface area contributed by atoms with E-state index >= 15 is 0 Å². The predicted molar refractivity (Wildman–Crippen MR) is 117 cm³/mol. The summed E-state index contributed by atoms with van der Waals surface area (Å²) < 4.78 is 0. The van der Waals surface area contributed by atoms with Crippen molar-refractivity contribution in [3.8, 4) is 11.1 Å². The van der Waals surface area contributed by atoms with Gasteiger partial charge in [0.05, 0.1) is 5.02 Å². The number of nitrogens with zero attached hydrogens (tertiary/aromatic N) is 2. The molecule has 2 aromatic carbocycles. The molecule has 0 atom stereocenters. The molecule has 0 fully saturated rings. The molecule has 3 rings (SSSR count). The van der Waals surface area contributed by atoms with Crippen molar-refractivity contribution in [2.75, 3.05) is 11.9 Å². The van der Waals surface area contributed by atoms with Crippen LogP contribution in [0, 0.1) is 0 Å². The first-order chi connectivity index (χ1) is 14.0. The number of carbonyl (C=O) groups is 2. The number of anilines is 1. The van der Waals surface area contributed by atoms with Gasteiger partial charge in [0, 0.05) is 43.5 Å². The Morgan fingerprint density at radius 3 is 2.38 bits per heavy atom. The van der Waals surface area contributed by atoms with Gasteiger partial charge in [0.2, 0.25) is 5.91 Å². The minimum Gasteiger partial charge on any atom is -0.316 e. The number of aromatic nitrogens is 1. The first kappa shape index (κ1) is 20.7. The number of halogens is 1. The highest BCUT2D eigenvalue weighted by Gasteiger charge is 2.13. The van der Waals surface area contributed by atoms with E-state index < -0.39 is 0 Å². The van der Waals surface area contributed by atoms with Gasteiger partial charge >= 0.3 is 0 Å². The number of hydrogen-bond acceptors (Lipinski definition) is 3. The summed E-state index contributed by atoms with van der Waals surface area (Å²) >= 11 is 6.41. The lowest BCUT2D eigenvalue weighted by Gasteiger charge is -2.17. The Balaban J connectivity index is 1.72. The fourth-order valence-corrected chi connectivity index (χ4v) is 3.40. The van der Waals surface area contributed by atoms with E-state index in [2.05, 4.69) is 4.98 Å². The number of benzene rings is 2. The maximum Gasteiger partial charge on any atom is 0.226 e. The minimum absolute atomic E-state index is 0.0143. The number of amides is 1. The molecule has 0 spiro atoms. The molecule has 29 heavy (non-hydrogen) atoms. The van der Waals surface area contributed by atoms with E-state index in [1.807, 2.05) is 55.5 Å². The van der Waals surface area contributed by atoms with Crippen LogP contribution in [0.25, 0.3) is 11.1 Å². The van der Waals surface area contributed by atoms with Gasteiger partial charge in [-0.05, 0) is 53.4 Å². The van der Waals surface area contributed by atoms with Crippen molar-refractivity contribution in [3.05, 3.63) is 83.1 Å². The van der Waals surface area contributed by atoms with Crippen molar-refractivity contribution in [2.45, 2.75) is 26.2 Å². The van der Waals surface area contributed by atoms with Crippen molar-refractivity contribution in [1.82, 2.24) is 4.98 Å². The molecule has 0 unspecified atom stereocenters. The third kappa shape index (κ3) is 5.09. The van der Waals surface area contributed by atoms with Crippen molar-refractivity contribution in [1.29, 1.82) is 0 Å². The molecule has 4 nitrogen and oxygen atoms in total. The van der Waals surface area contributed by atoms with Crippen LogP contribution in [0.2, 0.25) is 5.02 Å². The Bertz CT molecular complexity index is 1000. The van der Waals surface area contributed by atoms with Crippen molar-refractivity contribution in [2.24, 2.45) is 0 Å². The molecular weight excluding hydrogens is 384 g/mol. The van der Waals surface area contributed by atoms with Crippen LogP contribution >= 0.6 is 11.6 Å². The third-order valence-electron chi connectivity index (χ3n) is 4.90. The van der Waals surface area contributed by atoms with Gasteiger partial charge < -0.3 is 4.90 Å². The standard InChI is InChI=1S/C24H23ClN2O2/c1-3-24(29)27(2)20-10-7-18(8-11-20)19-9-12-21(22(25)15-19)23(28)13-6-17-5-4-14-26-16-17/h4-5,7-12,14-16H,3,6,13H2,1-2H3. The van der Waals surface area contributed by atoms with Gasteiger partial charge in [-0.25, -0.2) is 0 Å². The number of pyridine rings is 1. The predicted octanol–water partition coefficient (Wildman–Crippen LogP) is 5.59. The number of hydrogen-bond donors (Lipinski definition) is 0. The second-order valence-corrected chi connectivity index (χ2v) is 7.24. The van der Waals surface area contributed by atoms with Crippen LogP contribution in [0.1, 0.15) is 35.7 Å². The first-order valence-corrected chi connectivity index (χ1v) is 9.96. The summed E-state index contributed by atoms with van der Waals surface area (Å²) in [6.45, 7) is 1.84. The summed E-state index contributed by atoms with van der Waals surface area (Å²) in [5, 5.41) is 0.445. The van der Waals surface area contributed by atoms with Crippen molar-refractivity contribution >= 4 is 29.0 Å². The topological polar surface area (TPSA) is 50.3 Å². The maximum absolute atomic E-state index is 12.6. The summed E-state index contributed by atoms with van der Waals surface area (Å²) in [4.78, 5) is 30.1. The molecule has 1 amide bonds. The fraction of sp³-hybridized carbons (Fsp3) is 0.208. The first-order valence-electron chi connectivity index (χ1n) is 9.58. The van der Waals surface area contributed by atoms with Gasteiger partial charge in [-0.1, -0.05) is 42.8 Å². The molecule has 5 heteroatoms. The van der Waals surface area contributed by atoms with E-state index in [0.29, 0.717) is 29.8 Å². The second kappa shape index (κ2) is 9.48. The molecule has 3 aromatic rings. The molecule has 148 valence electrons. The highest BCUT2D eigenvalue weighted by atomic mass is 35.5. The lowest BCUT2D eigenvalue weighted by Crippen LogP contribution is -2.24. The van der Waals surface area contributed by atoms with Crippen LogP contribution in [-0.4, -0.2) is 23.7 Å². The highest BCUT2D eigenvalue weighted by molar-refractivity contribution is 6.34. The van der Waals surface area contributed by atoms with Gasteiger partial charge in [-0.15, -0.1) is 0 Å². The Hall–Kier alpha value is -2.98. The van der Waals surface area contributed by atoms with Crippen molar-refractivity contribution in [3.63, 3.8) is 0 Å². The van der Waals surface area contributed by atoms with Crippen LogP contribution < -0.4 is 4.90 Å². The molecule has 0 saturated heterocycles.